The highest BCUT2D eigenvalue weighted by atomic mass is 16.5. The summed E-state index contributed by atoms with van der Waals surface area (Å²) in [7, 11) is 0. The van der Waals surface area contributed by atoms with Crippen molar-refractivity contribution in [2.24, 2.45) is 5.92 Å². The predicted octanol–water partition coefficient (Wildman–Crippen LogP) is 3.82. The molecule has 0 aliphatic rings. The van der Waals surface area contributed by atoms with E-state index in [1.165, 1.54) is 5.56 Å². The molecule has 0 unspecified atom stereocenters. The highest BCUT2D eigenvalue weighted by molar-refractivity contribution is 5.77. The number of hydrogen-bond donors (Lipinski definition) is 1. The molecule has 0 saturated heterocycles. The number of aryl methyl sites for hydroxylation is 2. The molecular formula is C15H20N2O. The van der Waals surface area contributed by atoms with Gasteiger partial charge in [0.05, 0.1) is 11.3 Å². The average Bonchev–Trinajstić information content (AvgIpc) is 2.69. The Kier molecular flexibility index (Phi) is 3.70. The Morgan fingerprint density at radius 1 is 1.28 bits per heavy atom. The van der Waals surface area contributed by atoms with Crippen molar-refractivity contribution >= 4 is 5.88 Å². The largest absolute Gasteiger partial charge is 0.367 e. The van der Waals surface area contributed by atoms with Gasteiger partial charge in [0, 0.05) is 0 Å². The summed E-state index contributed by atoms with van der Waals surface area (Å²) in [5.74, 6) is 1.07. The SMILES string of the molecule is Cc1ccccc1-c1c(CCC(C)C)noc1N. The van der Waals surface area contributed by atoms with E-state index in [2.05, 4.69) is 38.1 Å². The third kappa shape index (κ3) is 2.55. The van der Waals surface area contributed by atoms with Crippen molar-refractivity contribution in [2.45, 2.75) is 33.6 Å². The van der Waals surface area contributed by atoms with E-state index in [9.17, 15) is 0 Å². The second-order valence-electron chi connectivity index (χ2n) is 5.12. The third-order valence-electron chi connectivity index (χ3n) is 3.16. The van der Waals surface area contributed by atoms with E-state index in [1.54, 1.807) is 0 Å². The molecular weight excluding hydrogens is 224 g/mol. The Labute approximate surface area is 108 Å². The molecule has 0 radical (unpaired) electrons. The highest BCUT2D eigenvalue weighted by Crippen LogP contribution is 2.32. The van der Waals surface area contributed by atoms with Crippen LogP contribution in [0.1, 0.15) is 31.5 Å². The molecule has 0 spiro atoms. The standard InChI is InChI=1S/C15H20N2O/c1-10(2)8-9-13-14(15(16)18-17-13)12-7-5-4-6-11(12)3/h4-7,10H,8-9,16H2,1-3H3. The second-order valence-corrected chi connectivity index (χ2v) is 5.12. The molecule has 0 fully saturated rings. The maximum atomic E-state index is 5.92. The van der Waals surface area contributed by atoms with Crippen LogP contribution < -0.4 is 5.73 Å². The van der Waals surface area contributed by atoms with Gasteiger partial charge in [-0.15, -0.1) is 0 Å². The van der Waals surface area contributed by atoms with Crippen molar-refractivity contribution in [2.75, 3.05) is 5.73 Å². The highest BCUT2D eigenvalue weighted by Gasteiger charge is 2.17. The Morgan fingerprint density at radius 3 is 2.67 bits per heavy atom. The maximum absolute atomic E-state index is 5.92. The van der Waals surface area contributed by atoms with Gasteiger partial charge in [0.2, 0.25) is 5.88 Å². The van der Waals surface area contributed by atoms with Crippen molar-refractivity contribution < 1.29 is 4.52 Å². The molecule has 0 amide bonds. The molecule has 18 heavy (non-hydrogen) atoms. The fraction of sp³-hybridized carbons (Fsp3) is 0.400. The molecule has 1 aromatic heterocycles. The molecule has 3 heteroatoms. The third-order valence-corrected chi connectivity index (χ3v) is 3.16. The number of nitrogens with zero attached hydrogens (tertiary/aromatic N) is 1. The van der Waals surface area contributed by atoms with E-state index in [0.717, 1.165) is 29.7 Å². The van der Waals surface area contributed by atoms with E-state index >= 15 is 0 Å². The topological polar surface area (TPSA) is 52.0 Å². The monoisotopic (exact) mass is 244 g/mol. The number of anilines is 1. The van der Waals surface area contributed by atoms with Crippen LogP contribution in [0.4, 0.5) is 5.88 Å². The zero-order valence-corrected chi connectivity index (χ0v) is 11.2. The molecule has 2 rings (SSSR count). The van der Waals surface area contributed by atoms with Gasteiger partial charge in [-0.3, -0.25) is 0 Å². The minimum atomic E-state index is 0.419. The molecule has 0 aliphatic carbocycles. The van der Waals surface area contributed by atoms with Gasteiger partial charge < -0.3 is 10.3 Å². The molecule has 96 valence electrons. The Morgan fingerprint density at radius 2 is 2.00 bits per heavy atom. The number of rotatable bonds is 4. The van der Waals surface area contributed by atoms with Crippen molar-refractivity contribution in [1.82, 2.24) is 5.16 Å². The van der Waals surface area contributed by atoms with E-state index in [1.807, 2.05) is 12.1 Å². The molecule has 0 bridgehead atoms. The van der Waals surface area contributed by atoms with Crippen molar-refractivity contribution in [1.29, 1.82) is 0 Å². The smallest absolute Gasteiger partial charge is 0.230 e. The predicted molar refractivity (Wildman–Crippen MR) is 74.2 cm³/mol. The molecule has 3 nitrogen and oxygen atoms in total. The van der Waals surface area contributed by atoms with Gasteiger partial charge in [0.25, 0.3) is 0 Å². The van der Waals surface area contributed by atoms with E-state index in [4.69, 9.17) is 10.3 Å². The first-order valence-electron chi connectivity index (χ1n) is 6.39. The lowest BCUT2D eigenvalue weighted by atomic mass is 9.97. The normalized spacial score (nSPS) is 11.1. The van der Waals surface area contributed by atoms with Gasteiger partial charge in [-0.2, -0.15) is 0 Å². The molecule has 0 atom stereocenters. The summed E-state index contributed by atoms with van der Waals surface area (Å²) in [6.45, 7) is 6.49. The second kappa shape index (κ2) is 5.25. The molecule has 2 aromatic rings. The first kappa shape index (κ1) is 12.7. The van der Waals surface area contributed by atoms with Crippen LogP contribution in [0.3, 0.4) is 0 Å². The average molecular weight is 244 g/mol. The zero-order valence-electron chi connectivity index (χ0n) is 11.2. The number of aromatic nitrogens is 1. The first-order valence-corrected chi connectivity index (χ1v) is 6.39. The zero-order chi connectivity index (χ0) is 13.1. The van der Waals surface area contributed by atoms with Gasteiger partial charge in [-0.05, 0) is 36.8 Å². The maximum Gasteiger partial charge on any atom is 0.230 e. The summed E-state index contributed by atoms with van der Waals surface area (Å²) in [5, 5.41) is 4.11. The van der Waals surface area contributed by atoms with Crippen LogP contribution in [0.5, 0.6) is 0 Å². The van der Waals surface area contributed by atoms with Crippen LogP contribution in [-0.2, 0) is 6.42 Å². The number of nitrogen functional groups attached to an aromatic ring is 1. The molecule has 1 aromatic carbocycles. The van der Waals surface area contributed by atoms with Crippen molar-refractivity contribution in [3.05, 3.63) is 35.5 Å². The number of hydrogen-bond acceptors (Lipinski definition) is 3. The number of nitrogens with two attached hydrogens (primary N) is 1. The summed E-state index contributed by atoms with van der Waals surface area (Å²) in [6, 6.07) is 8.18. The molecule has 2 N–H and O–H groups in total. The summed E-state index contributed by atoms with van der Waals surface area (Å²) in [5.41, 5.74) is 10.2. The van der Waals surface area contributed by atoms with E-state index in [-0.39, 0.29) is 0 Å². The number of benzene rings is 1. The van der Waals surface area contributed by atoms with Crippen LogP contribution >= 0.6 is 0 Å². The fourth-order valence-corrected chi connectivity index (χ4v) is 2.08. The van der Waals surface area contributed by atoms with E-state index < -0.39 is 0 Å². The van der Waals surface area contributed by atoms with Crippen LogP contribution in [0, 0.1) is 12.8 Å². The van der Waals surface area contributed by atoms with Crippen LogP contribution in [-0.4, -0.2) is 5.16 Å². The lowest BCUT2D eigenvalue weighted by Gasteiger charge is -2.07. The minimum absolute atomic E-state index is 0.419. The molecule has 0 aliphatic heterocycles. The lowest BCUT2D eigenvalue weighted by molar-refractivity contribution is 0.423. The quantitative estimate of drug-likeness (QED) is 0.889. The molecule has 1 heterocycles. The minimum Gasteiger partial charge on any atom is -0.367 e. The van der Waals surface area contributed by atoms with E-state index in [0.29, 0.717) is 11.8 Å². The van der Waals surface area contributed by atoms with Gasteiger partial charge >= 0.3 is 0 Å². The molecule has 0 saturated carbocycles. The van der Waals surface area contributed by atoms with Gasteiger partial charge in [0.15, 0.2) is 0 Å². The van der Waals surface area contributed by atoms with Crippen molar-refractivity contribution in [3.63, 3.8) is 0 Å². The summed E-state index contributed by atoms with van der Waals surface area (Å²) in [6.07, 6.45) is 1.99. The van der Waals surface area contributed by atoms with Gasteiger partial charge in [0.1, 0.15) is 0 Å². The Bertz CT molecular complexity index is 529. The van der Waals surface area contributed by atoms with Gasteiger partial charge in [-0.25, -0.2) is 0 Å². The summed E-state index contributed by atoms with van der Waals surface area (Å²) >= 11 is 0. The van der Waals surface area contributed by atoms with Gasteiger partial charge in [-0.1, -0.05) is 43.3 Å². The van der Waals surface area contributed by atoms with Crippen LogP contribution in [0.15, 0.2) is 28.8 Å². The van der Waals surface area contributed by atoms with Crippen LogP contribution in [0.25, 0.3) is 11.1 Å². The summed E-state index contributed by atoms with van der Waals surface area (Å²) < 4.78 is 5.17. The summed E-state index contributed by atoms with van der Waals surface area (Å²) in [4.78, 5) is 0. The Balaban J connectivity index is 2.38. The van der Waals surface area contributed by atoms with Crippen LogP contribution in [0.2, 0.25) is 0 Å². The fourth-order valence-electron chi connectivity index (χ4n) is 2.08. The first-order chi connectivity index (χ1) is 8.59. The van der Waals surface area contributed by atoms with Crippen molar-refractivity contribution in [3.8, 4) is 11.1 Å². The lowest BCUT2D eigenvalue weighted by Crippen LogP contribution is -1.96. The Hall–Kier alpha value is -1.77.